The van der Waals surface area contributed by atoms with E-state index in [2.05, 4.69) is 13.0 Å². The van der Waals surface area contributed by atoms with Gasteiger partial charge in [-0.25, -0.2) is 0 Å². The third-order valence-electron chi connectivity index (χ3n) is 4.33. The molecule has 0 saturated carbocycles. The molecule has 0 amide bonds. The van der Waals surface area contributed by atoms with E-state index in [1.54, 1.807) is 28.4 Å². The highest BCUT2D eigenvalue weighted by atomic mass is 32.2. The number of rotatable bonds is 7. The molecule has 140 valence electrons. The maximum Gasteiger partial charge on any atom is 0.207 e. The van der Waals surface area contributed by atoms with Crippen molar-refractivity contribution < 1.29 is 18.9 Å². The molecule has 6 heteroatoms. The molecule has 1 aromatic rings. The molecule has 1 aromatic carbocycles. The third-order valence-corrected chi connectivity index (χ3v) is 7.54. The first-order chi connectivity index (χ1) is 12.1. The summed E-state index contributed by atoms with van der Waals surface area (Å²) in [6.45, 7) is 4.25. The predicted octanol–water partition coefficient (Wildman–Crippen LogP) is 4.71. The summed E-state index contributed by atoms with van der Waals surface area (Å²) in [5.74, 6) is 5.05. The van der Waals surface area contributed by atoms with Gasteiger partial charge in [0.25, 0.3) is 0 Å². The second kappa shape index (κ2) is 9.53. The summed E-state index contributed by atoms with van der Waals surface area (Å²) in [6.07, 6.45) is 4.38. The zero-order valence-electron chi connectivity index (χ0n) is 15.9. The Labute approximate surface area is 159 Å². The number of thioether (sulfide) groups is 2. The van der Waals surface area contributed by atoms with Crippen LogP contribution in [-0.2, 0) is 6.42 Å². The largest absolute Gasteiger partial charge is 0.492 e. The maximum atomic E-state index is 5.67. The van der Waals surface area contributed by atoms with Crippen LogP contribution in [0.4, 0.5) is 0 Å². The fourth-order valence-electron chi connectivity index (χ4n) is 3.01. The topological polar surface area (TPSA) is 36.9 Å². The molecular formula is C19H28O4S2. The molecule has 0 atom stereocenters. The van der Waals surface area contributed by atoms with Gasteiger partial charge in [0.05, 0.1) is 33.0 Å². The van der Waals surface area contributed by atoms with E-state index in [0.717, 1.165) is 17.5 Å². The Bertz CT molecular complexity index is 623. The Morgan fingerprint density at radius 3 is 1.96 bits per heavy atom. The average Bonchev–Trinajstić information content (AvgIpc) is 2.66. The van der Waals surface area contributed by atoms with Crippen LogP contribution in [0.15, 0.2) is 11.6 Å². The Morgan fingerprint density at radius 2 is 1.44 bits per heavy atom. The van der Waals surface area contributed by atoms with Gasteiger partial charge in [0.15, 0.2) is 11.5 Å². The van der Waals surface area contributed by atoms with E-state index in [4.69, 9.17) is 18.9 Å². The molecule has 0 N–H and O–H groups in total. The van der Waals surface area contributed by atoms with Crippen molar-refractivity contribution in [2.75, 3.05) is 39.9 Å². The number of hydrogen-bond acceptors (Lipinski definition) is 6. The highest BCUT2D eigenvalue weighted by molar-refractivity contribution is 8.17. The van der Waals surface area contributed by atoms with Crippen LogP contribution in [0.2, 0.25) is 0 Å². The van der Waals surface area contributed by atoms with Crippen LogP contribution in [0.25, 0.3) is 0 Å². The van der Waals surface area contributed by atoms with E-state index in [-0.39, 0.29) is 0 Å². The van der Waals surface area contributed by atoms with Crippen LogP contribution in [0, 0.1) is 6.92 Å². The Morgan fingerprint density at radius 1 is 0.920 bits per heavy atom. The Balaban J connectivity index is 2.42. The van der Waals surface area contributed by atoms with Crippen LogP contribution < -0.4 is 18.9 Å². The summed E-state index contributed by atoms with van der Waals surface area (Å²) in [7, 11) is 6.54. The number of ether oxygens (including phenoxy) is 4. The lowest BCUT2D eigenvalue weighted by molar-refractivity contribution is 0.302. The SMILES string of the molecule is COc1c(C)c(CC=C(C)C2SCCCS2)c(OC)c(OC)c1OC. The van der Waals surface area contributed by atoms with Crippen LogP contribution in [0.5, 0.6) is 23.0 Å². The molecule has 0 unspecified atom stereocenters. The molecule has 0 radical (unpaired) electrons. The molecule has 1 saturated heterocycles. The molecule has 1 heterocycles. The van der Waals surface area contributed by atoms with Crippen molar-refractivity contribution in [3.8, 4) is 23.0 Å². The molecule has 2 rings (SSSR count). The number of benzene rings is 1. The van der Waals surface area contributed by atoms with Crippen molar-refractivity contribution in [1.29, 1.82) is 0 Å². The lowest BCUT2D eigenvalue weighted by atomic mass is 10.0. The van der Waals surface area contributed by atoms with E-state index >= 15 is 0 Å². The molecule has 0 bridgehead atoms. The minimum atomic E-state index is 0.557. The van der Waals surface area contributed by atoms with Crippen molar-refractivity contribution in [1.82, 2.24) is 0 Å². The van der Waals surface area contributed by atoms with Gasteiger partial charge in [0.1, 0.15) is 0 Å². The van der Waals surface area contributed by atoms with Gasteiger partial charge in [-0.15, -0.1) is 23.5 Å². The normalized spacial score (nSPS) is 15.8. The van der Waals surface area contributed by atoms with Crippen LogP contribution in [0.1, 0.15) is 24.5 Å². The Hall–Kier alpha value is -1.14. The number of allylic oxidation sites excluding steroid dienone is 1. The van der Waals surface area contributed by atoms with Crippen LogP contribution in [0.3, 0.4) is 0 Å². The molecule has 4 nitrogen and oxygen atoms in total. The monoisotopic (exact) mass is 384 g/mol. The first-order valence-corrected chi connectivity index (χ1v) is 10.4. The van der Waals surface area contributed by atoms with Gasteiger partial charge in [-0.2, -0.15) is 0 Å². The lowest BCUT2D eigenvalue weighted by Gasteiger charge is -2.23. The fourth-order valence-corrected chi connectivity index (χ4v) is 5.92. The zero-order chi connectivity index (χ0) is 18.4. The minimum Gasteiger partial charge on any atom is -0.492 e. The summed E-state index contributed by atoms with van der Waals surface area (Å²) >= 11 is 4.07. The maximum absolute atomic E-state index is 5.67. The molecule has 25 heavy (non-hydrogen) atoms. The van der Waals surface area contributed by atoms with Crippen molar-refractivity contribution in [3.63, 3.8) is 0 Å². The van der Waals surface area contributed by atoms with Gasteiger partial charge in [0, 0.05) is 11.1 Å². The van der Waals surface area contributed by atoms with Gasteiger partial charge in [-0.1, -0.05) is 11.6 Å². The van der Waals surface area contributed by atoms with E-state index in [1.807, 2.05) is 30.4 Å². The minimum absolute atomic E-state index is 0.557. The third kappa shape index (κ3) is 4.34. The molecule has 0 aliphatic carbocycles. The fraction of sp³-hybridized carbons (Fsp3) is 0.579. The molecule has 1 aliphatic rings. The smallest absolute Gasteiger partial charge is 0.207 e. The van der Waals surface area contributed by atoms with Gasteiger partial charge >= 0.3 is 0 Å². The first kappa shape index (κ1) is 20.2. The van der Waals surface area contributed by atoms with Crippen molar-refractivity contribution in [3.05, 3.63) is 22.8 Å². The second-order valence-electron chi connectivity index (χ2n) is 5.82. The Kier molecular flexibility index (Phi) is 7.69. The van der Waals surface area contributed by atoms with Crippen molar-refractivity contribution in [2.45, 2.75) is 31.3 Å². The summed E-state index contributed by atoms with van der Waals surface area (Å²) in [4.78, 5) is 0. The van der Waals surface area contributed by atoms with E-state index in [1.165, 1.54) is 23.5 Å². The van der Waals surface area contributed by atoms with Crippen molar-refractivity contribution >= 4 is 23.5 Å². The molecular weight excluding hydrogens is 356 g/mol. The van der Waals surface area contributed by atoms with Gasteiger partial charge < -0.3 is 18.9 Å². The number of methoxy groups -OCH3 is 4. The van der Waals surface area contributed by atoms with Crippen LogP contribution >= 0.6 is 23.5 Å². The van der Waals surface area contributed by atoms with Gasteiger partial charge in [-0.3, -0.25) is 0 Å². The molecule has 1 aliphatic heterocycles. The lowest BCUT2D eigenvalue weighted by Crippen LogP contribution is -2.08. The van der Waals surface area contributed by atoms with Gasteiger partial charge in [0.2, 0.25) is 11.5 Å². The highest BCUT2D eigenvalue weighted by Gasteiger charge is 2.25. The standard InChI is InChI=1S/C19H28O4S2/c1-12(19-24-10-7-11-25-19)8-9-14-13(2)15(20-3)17(22-5)18(23-6)16(14)21-4/h8,19H,7,9-11H2,1-6H3. The first-order valence-electron chi connectivity index (χ1n) is 8.34. The van der Waals surface area contributed by atoms with Gasteiger partial charge in [-0.05, 0) is 38.2 Å². The van der Waals surface area contributed by atoms with E-state index in [9.17, 15) is 0 Å². The molecule has 0 aromatic heterocycles. The summed E-state index contributed by atoms with van der Waals surface area (Å²) in [5, 5.41) is 0. The van der Waals surface area contributed by atoms with Crippen molar-refractivity contribution in [2.24, 2.45) is 0 Å². The summed E-state index contributed by atoms with van der Waals surface area (Å²) in [6, 6.07) is 0. The number of hydrogen-bond donors (Lipinski definition) is 0. The zero-order valence-corrected chi connectivity index (χ0v) is 17.6. The average molecular weight is 385 g/mol. The molecule has 1 fully saturated rings. The molecule has 0 spiro atoms. The quantitative estimate of drug-likeness (QED) is 0.634. The predicted molar refractivity (Wildman–Crippen MR) is 108 cm³/mol. The highest BCUT2D eigenvalue weighted by Crippen LogP contribution is 2.49. The summed E-state index contributed by atoms with van der Waals surface area (Å²) in [5.41, 5.74) is 3.50. The van der Waals surface area contributed by atoms with E-state index in [0.29, 0.717) is 27.6 Å². The summed E-state index contributed by atoms with van der Waals surface area (Å²) < 4.78 is 22.9. The van der Waals surface area contributed by atoms with Crippen LogP contribution in [-0.4, -0.2) is 44.5 Å². The van der Waals surface area contributed by atoms with E-state index < -0.39 is 0 Å². The second-order valence-corrected chi connectivity index (χ2v) is 8.54.